The maximum Gasteiger partial charge on any atom is 0.143 e. The standard InChI is InChI=1S/C12H20IN3O/c1-4-6-7-10-15-9(8-17-3)11(13)12(16-10)14-5-2/h4-8H2,1-3H3,(H,14,15,16). The highest BCUT2D eigenvalue weighted by atomic mass is 127. The summed E-state index contributed by atoms with van der Waals surface area (Å²) in [6, 6.07) is 0. The molecule has 0 aromatic carbocycles. The first kappa shape index (κ1) is 14.6. The Hall–Kier alpha value is -0.430. The Morgan fingerprint density at radius 2 is 2.06 bits per heavy atom. The van der Waals surface area contributed by atoms with E-state index in [9.17, 15) is 0 Å². The van der Waals surface area contributed by atoms with E-state index in [0.717, 1.165) is 46.7 Å². The number of hydrogen-bond donors (Lipinski definition) is 1. The highest BCUT2D eigenvalue weighted by molar-refractivity contribution is 14.1. The van der Waals surface area contributed by atoms with Gasteiger partial charge in [0.2, 0.25) is 0 Å². The van der Waals surface area contributed by atoms with Crippen molar-refractivity contribution in [1.29, 1.82) is 0 Å². The summed E-state index contributed by atoms with van der Waals surface area (Å²) in [4.78, 5) is 9.12. The van der Waals surface area contributed by atoms with Gasteiger partial charge in [0.15, 0.2) is 0 Å². The minimum absolute atomic E-state index is 0.540. The van der Waals surface area contributed by atoms with Crippen LogP contribution in [-0.2, 0) is 17.8 Å². The Bertz CT molecular complexity index is 331. The predicted molar refractivity (Wildman–Crippen MR) is 78.2 cm³/mol. The summed E-state index contributed by atoms with van der Waals surface area (Å²) in [6.45, 7) is 5.65. The molecule has 0 radical (unpaired) electrons. The number of halogens is 1. The third-order valence-corrected chi connectivity index (χ3v) is 3.48. The minimum atomic E-state index is 0.540. The van der Waals surface area contributed by atoms with E-state index in [1.165, 1.54) is 0 Å². The Morgan fingerprint density at radius 1 is 1.29 bits per heavy atom. The molecule has 0 aliphatic heterocycles. The van der Waals surface area contributed by atoms with E-state index in [1.54, 1.807) is 7.11 Å². The van der Waals surface area contributed by atoms with Crippen LogP contribution in [0, 0.1) is 3.57 Å². The summed E-state index contributed by atoms with van der Waals surface area (Å²) in [5.74, 6) is 1.84. The zero-order valence-corrected chi connectivity index (χ0v) is 12.9. The number of unbranched alkanes of at least 4 members (excludes halogenated alkanes) is 1. The van der Waals surface area contributed by atoms with E-state index in [2.05, 4.69) is 51.7 Å². The van der Waals surface area contributed by atoms with E-state index in [4.69, 9.17) is 4.74 Å². The number of hydrogen-bond acceptors (Lipinski definition) is 4. The lowest BCUT2D eigenvalue weighted by Gasteiger charge is -2.11. The fraction of sp³-hybridized carbons (Fsp3) is 0.667. The number of aromatic nitrogens is 2. The van der Waals surface area contributed by atoms with Crippen molar-refractivity contribution in [2.75, 3.05) is 19.0 Å². The van der Waals surface area contributed by atoms with Crippen molar-refractivity contribution in [2.24, 2.45) is 0 Å². The van der Waals surface area contributed by atoms with E-state index in [1.807, 2.05) is 0 Å². The van der Waals surface area contributed by atoms with Crippen LogP contribution in [0.25, 0.3) is 0 Å². The predicted octanol–water partition coefficient (Wildman–Crippen LogP) is 3.00. The van der Waals surface area contributed by atoms with E-state index in [0.29, 0.717) is 6.61 Å². The molecule has 1 heterocycles. The molecule has 0 amide bonds. The Morgan fingerprint density at radius 3 is 2.65 bits per heavy atom. The summed E-state index contributed by atoms with van der Waals surface area (Å²) in [5.41, 5.74) is 0.977. The van der Waals surface area contributed by atoms with Gasteiger partial charge in [-0.3, -0.25) is 0 Å². The van der Waals surface area contributed by atoms with Gasteiger partial charge in [0.1, 0.15) is 11.6 Å². The molecule has 0 aliphatic carbocycles. The molecule has 96 valence electrons. The highest BCUT2D eigenvalue weighted by Gasteiger charge is 2.11. The van der Waals surface area contributed by atoms with Gasteiger partial charge < -0.3 is 10.1 Å². The van der Waals surface area contributed by atoms with Gasteiger partial charge in [0, 0.05) is 20.1 Å². The molecule has 0 atom stereocenters. The number of aryl methyl sites for hydroxylation is 1. The maximum atomic E-state index is 5.18. The number of methoxy groups -OCH3 is 1. The molecule has 1 aromatic rings. The van der Waals surface area contributed by atoms with Crippen molar-refractivity contribution in [2.45, 2.75) is 39.7 Å². The Kier molecular flexibility index (Phi) is 6.72. The summed E-state index contributed by atoms with van der Waals surface area (Å²) in [7, 11) is 1.69. The van der Waals surface area contributed by atoms with Gasteiger partial charge in [-0.05, 0) is 35.9 Å². The zero-order chi connectivity index (χ0) is 12.7. The van der Waals surface area contributed by atoms with Gasteiger partial charge in [-0.15, -0.1) is 0 Å². The fourth-order valence-corrected chi connectivity index (χ4v) is 2.10. The van der Waals surface area contributed by atoms with E-state index < -0.39 is 0 Å². The third kappa shape index (κ3) is 4.39. The molecule has 0 saturated heterocycles. The summed E-state index contributed by atoms with van der Waals surface area (Å²) >= 11 is 2.27. The molecule has 0 saturated carbocycles. The molecule has 5 heteroatoms. The molecule has 1 rings (SSSR count). The second-order valence-electron chi connectivity index (χ2n) is 3.82. The van der Waals surface area contributed by atoms with Crippen LogP contribution in [0.1, 0.15) is 38.2 Å². The van der Waals surface area contributed by atoms with Crippen LogP contribution in [0.15, 0.2) is 0 Å². The number of ether oxygens (including phenoxy) is 1. The first-order valence-electron chi connectivity index (χ1n) is 6.01. The van der Waals surface area contributed by atoms with Crippen LogP contribution in [-0.4, -0.2) is 23.6 Å². The largest absolute Gasteiger partial charge is 0.378 e. The molecule has 0 spiro atoms. The van der Waals surface area contributed by atoms with Gasteiger partial charge in [-0.25, -0.2) is 9.97 Å². The average molecular weight is 349 g/mol. The van der Waals surface area contributed by atoms with Crippen molar-refractivity contribution < 1.29 is 4.74 Å². The van der Waals surface area contributed by atoms with Crippen LogP contribution in [0.4, 0.5) is 5.82 Å². The second-order valence-corrected chi connectivity index (χ2v) is 4.89. The summed E-state index contributed by atoms with van der Waals surface area (Å²) < 4.78 is 6.24. The molecule has 0 aliphatic rings. The molecular weight excluding hydrogens is 329 g/mol. The molecule has 4 nitrogen and oxygen atoms in total. The van der Waals surface area contributed by atoms with Crippen molar-refractivity contribution in [1.82, 2.24) is 9.97 Å². The van der Waals surface area contributed by atoms with Crippen molar-refractivity contribution in [3.63, 3.8) is 0 Å². The number of rotatable bonds is 7. The first-order valence-corrected chi connectivity index (χ1v) is 7.08. The minimum Gasteiger partial charge on any atom is -0.378 e. The lowest BCUT2D eigenvalue weighted by molar-refractivity contribution is 0.180. The van der Waals surface area contributed by atoms with Gasteiger partial charge in [-0.2, -0.15) is 0 Å². The number of nitrogens with one attached hydrogen (secondary N) is 1. The first-order chi connectivity index (χ1) is 8.22. The molecular formula is C12H20IN3O. The second kappa shape index (κ2) is 7.81. The molecule has 0 bridgehead atoms. The lowest BCUT2D eigenvalue weighted by Crippen LogP contribution is -2.10. The van der Waals surface area contributed by atoms with Crippen LogP contribution >= 0.6 is 22.6 Å². The zero-order valence-electron chi connectivity index (χ0n) is 10.7. The van der Waals surface area contributed by atoms with Crippen molar-refractivity contribution in [3.8, 4) is 0 Å². The highest BCUT2D eigenvalue weighted by Crippen LogP contribution is 2.20. The number of nitrogens with zero attached hydrogens (tertiary/aromatic N) is 2. The Labute approximate surface area is 117 Å². The van der Waals surface area contributed by atoms with Crippen LogP contribution in [0.3, 0.4) is 0 Å². The molecule has 1 N–H and O–H groups in total. The molecule has 17 heavy (non-hydrogen) atoms. The third-order valence-electron chi connectivity index (χ3n) is 2.35. The van der Waals surface area contributed by atoms with Gasteiger partial charge >= 0.3 is 0 Å². The van der Waals surface area contributed by atoms with Crippen LogP contribution in [0.2, 0.25) is 0 Å². The quantitative estimate of drug-likeness (QED) is 0.769. The average Bonchev–Trinajstić information content (AvgIpc) is 2.32. The van der Waals surface area contributed by atoms with Crippen molar-refractivity contribution >= 4 is 28.4 Å². The fourth-order valence-electron chi connectivity index (χ4n) is 1.51. The normalized spacial score (nSPS) is 10.6. The van der Waals surface area contributed by atoms with E-state index in [-0.39, 0.29) is 0 Å². The lowest BCUT2D eigenvalue weighted by atomic mass is 10.2. The van der Waals surface area contributed by atoms with Crippen LogP contribution in [0.5, 0.6) is 0 Å². The van der Waals surface area contributed by atoms with Gasteiger partial charge in [0.25, 0.3) is 0 Å². The smallest absolute Gasteiger partial charge is 0.143 e. The molecule has 0 fully saturated rings. The Balaban J connectivity index is 2.98. The maximum absolute atomic E-state index is 5.18. The summed E-state index contributed by atoms with van der Waals surface area (Å²) in [6.07, 6.45) is 3.21. The van der Waals surface area contributed by atoms with Crippen LogP contribution < -0.4 is 5.32 Å². The van der Waals surface area contributed by atoms with E-state index >= 15 is 0 Å². The molecule has 1 aromatic heterocycles. The topological polar surface area (TPSA) is 47.0 Å². The van der Waals surface area contributed by atoms with Gasteiger partial charge in [-0.1, -0.05) is 13.3 Å². The SMILES string of the molecule is CCCCc1nc(COC)c(I)c(NCC)n1. The summed E-state index contributed by atoms with van der Waals surface area (Å²) in [5, 5.41) is 3.28. The number of anilines is 1. The molecule has 0 unspecified atom stereocenters. The van der Waals surface area contributed by atoms with Gasteiger partial charge in [0.05, 0.1) is 15.9 Å². The van der Waals surface area contributed by atoms with Crippen molar-refractivity contribution in [3.05, 3.63) is 15.1 Å². The monoisotopic (exact) mass is 349 g/mol.